The zero-order valence-electron chi connectivity index (χ0n) is 20.3. The molecule has 0 saturated heterocycles. The SMILES string of the molecule is CCN(c1ccccc1)S(=O)(=O)c1ccc(OC)c(NC(=O)CC23CC4CC(CC(Br)(C4)C2)C3)c1. The van der Waals surface area contributed by atoms with Crippen molar-refractivity contribution < 1.29 is 17.9 Å². The Morgan fingerprint density at radius 3 is 2.40 bits per heavy atom. The summed E-state index contributed by atoms with van der Waals surface area (Å²) in [6.45, 7) is 2.10. The van der Waals surface area contributed by atoms with E-state index in [4.69, 9.17) is 4.74 Å². The Kier molecular flexibility index (Phi) is 6.41. The lowest BCUT2D eigenvalue weighted by atomic mass is 9.48. The predicted molar refractivity (Wildman–Crippen MR) is 142 cm³/mol. The van der Waals surface area contributed by atoms with Gasteiger partial charge in [0.05, 0.1) is 23.4 Å². The minimum absolute atomic E-state index is 0.0287. The van der Waals surface area contributed by atoms with Crippen LogP contribution in [0.25, 0.3) is 0 Å². The molecule has 0 aromatic heterocycles. The van der Waals surface area contributed by atoms with Crippen LogP contribution >= 0.6 is 15.9 Å². The summed E-state index contributed by atoms with van der Waals surface area (Å²) in [4.78, 5) is 13.4. The molecule has 1 amide bonds. The number of rotatable bonds is 8. The Morgan fingerprint density at radius 2 is 1.80 bits per heavy atom. The maximum atomic E-state index is 13.5. The second-order valence-electron chi connectivity index (χ2n) is 10.7. The molecular formula is C27H33BrN2O4S. The molecule has 4 fully saturated rings. The Morgan fingerprint density at radius 1 is 1.11 bits per heavy atom. The molecule has 0 radical (unpaired) electrons. The van der Waals surface area contributed by atoms with Crippen molar-refractivity contribution in [2.45, 2.75) is 61.1 Å². The minimum atomic E-state index is -3.82. The van der Waals surface area contributed by atoms with Crippen molar-refractivity contribution in [1.29, 1.82) is 0 Å². The first-order chi connectivity index (χ1) is 16.7. The highest BCUT2D eigenvalue weighted by Gasteiger charge is 2.57. The molecule has 0 heterocycles. The van der Waals surface area contributed by atoms with Crippen LogP contribution < -0.4 is 14.4 Å². The van der Waals surface area contributed by atoms with E-state index in [1.165, 1.54) is 42.8 Å². The quantitative estimate of drug-likeness (QED) is 0.403. The average molecular weight is 562 g/mol. The molecule has 6 nitrogen and oxygen atoms in total. The molecular weight excluding hydrogens is 528 g/mol. The summed E-state index contributed by atoms with van der Waals surface area (Å²) in [5.74, 6) is 1.77. The molecule has 4 aliphatic carbocycles. The van der Waals surface area contributed by atoms with E-state index in [-0.39, 0.29) is 20.5 Å². The third-order valence-electron chi connectivity index (χ3n) is 8.01. The number of nitrogens with one attached hydrogen (secondary N) is 1. The van der Waals surface area contributed by atoms with Gasteiger partial charge in [-0.1, -0.05) is 34.1 Å². The molecule has 1 N–H and O–H groups in total. The van der Waals surface area contributed by atoms with Gasteiger partial charge in [-0.05, 0) is 93.0 Å². The zero-order chi connectivity index (χ0) is 24.8. The standard InChI is InChI=1S/C27H33BrN2O4S/c1-3-30(21-7-5-4-6-8-21)35(32,33)22-9-10-24(34-2)23(12-22)29-25(31)17-26-13-19-11-20(14-26)16-27(28,15-19)18-26/h4-10,12,19-20H,3,11,13-18H2,1-2H3,(H,29,31). The van der Waals surface area contributed by atoms with Crippen molar-refractivity contribution in [1.82, 2.24) is 0 Å². The first-order valence-corrected chi connectivity index (χ1v) is 14.6. The Labute approximate surface area is 216 Å². The van der Waals surface area contributed by atoms with Gasteiger partial charge in [0.25, 0.3) is 10.0 Å². The zero-order valence-corrected chi connectivity index (χ0v) is 22.7. The molecule has 188 valence electrons. The van der Waals surface area contributed by atoms with Gasteiger partial charge in [-0.15, -0.1) is 0 Å². The highest BCUT2D eigenvalue weighted by molar-refractivity contribution is 9.10. The smallest absolute Gasteiger partial charge is 0.264 e. The van der Waals surface area contributed by atoms with Crippen molar-refractivity contribution in [2.75, 3.05) is 23.3 Å². The van der Waals surface area contributed by atoms with Gasteiger partial charge in [0.1, 0.15) is 5.75 Å². The predicted octanol–water partition coefficient (Wildman–Crippen LogP) is 5.97. The normalized spacial score (nSPS) is 29.1. The molecule has 2 atom stereocenters. The van der Waals surface area contributed by atoms with Crippen LogP contribution in [-0.4, -0.2) is 32.3 Å². The fraction of sp³-hybridized carbons (Fsp3) is 0.519. The number of para-hydroxylation sites is 1. The molecule has 35 heavy (non-hydrogen) atoms. The Bertz CT molecular complexity index is 1200. The van der Waals surface area contributed by atoms with Crippen molar-refractivity contribution >= 4 is 43.2 Å². The van der Waals surface area contributed by atoms with E-state index in [1.54, 1.807) is 25.1 Å². The molecule has 8 heteroatoms. The number of carbonyl (C=O) groups is 1. The van der Waals surface area contributed by atoms with Crippen molar-refractivity contribution in [3.05, 3.63) is 48.5 Å². The number of halogens is 1. The third-order valence-corrected chi connectivity index (χ3v) is 10.8. The van der Waals surface area contributed by atoms with Crippen molar-refractivity contribution in [2.24, 2.45) is 17.3 Å². The number of carbonyl (C=O) groups excluding carboxylic acids is 1. The monoisotopic (exact) mass is 560 g/mol. The van der Waals surface area contributed by atoms with Crippen LogP contribution in [0.3, 0.4) is 0 Å². The summed E-state index contributed by atoms with van der Waals surface area (Å²) in [5.41, 5.74) is 1.02. The summed E-state index contributed by atoms with van der Waals surface area (Å²) < 4.78 is 34.0. The van der Waals surface area contributed by atoms with E-state index in [0.717, 1.165) is 19.3 Å². The van der Waals surface area contributed by atoms with E-state index in [2.05, 4.69) is 21.2 Å². The van der Waals surface area contributed by atoms with E-state index in [9.17, 15) is 13.2 Å². The van der Waals surface area contributed by atoms with Crippen LogP contribution in [0.2, 0.25) is 0 Å². The number of hydrogen-bond acceptors (Lipinski definition) is 4. The molecule has 2 aromatic carbocycles. The average Bonchev–Trinajstić information content (AvgIpc) is 2.78. The van der Waals surface area contributed by atoms with Crippen LogP contribution in [0, 0.1) is 17.3 Å². The topological polar surface area (TPSA) is 75.7 Å². The number of amides is 1. The van der Waals surface area contributed by atoms with Crippen molar-refractivity contribution in [3.8, 4) is 5.75 Å². The molecule has 0 aliphatic heterocycles. The molecule has 2 unspecified atom stereocenters. The number of alkyl halides is 1. The van der Waals surface area contributed by atoms with Gasteiger partial charge in [0.2, 0.25) is 5.91 Å². The summed E-state index contributed by atoms with van der Waals surface area (Å²) >= 11 is 4.02. The van der Waals surface area contributed by atoms with E-state index >= 15 is 0 Å². The van der Waals surface area contributed by atoms with E-state index in [0.29, 0.717) is 41.9 Å². The first-order valence-electron chi connectivity index (χ1n) is 12.4. The van der Waals surface area contributed by atoms with Gasteiger partial charge in [-0.3, -0.25) is 9.10 Å². The lowest BCUT2D eigenvalue weighted by Gasteiger charge is -2.60. The van der Waals surface area contributed by atoms with Gasteiger partial charge in [-0.25, -0.2) is 8.42 Å². The van der Waals surface area contributed by atoms with Gasteiger partial charge in [0.15, 0.2) is 0 Å². The minimum Gasteiger partial charge on any atom is -0.495 e. The molecule has 2 aromatic rings. The van der Waals surface area contributed by atoms with Crippen LogP contribution in [0.5, 0.6) is 5.75 Å². The summed E-state index contributed by atoms with van der Waals surface area (Å²) in [6.07, 6.45) is 7.44. The molecule has 6 rings (SSSR count). The van der Waals surface area contributed by atoms with Gasteiger partial charge in [0, 0.05) is 17.3 Å². The molecule has 4 bridgehead atoms. The Balaban J connectivity index is 1.38. The fourth-order valence-electron chi connectivity index (χ4n) is 7.24. The summed E-state index contributed by atoms with van der Waals surface area (Å²) in [5, 5.41) is 3.00. The number of hydrogen-bond donors (Lipinski definition) is 1. The summed E-state index contributed by atoms with van der Waals surface area (Å²) in [6, 6.07) is 13.7. The van der Waals surface area contributed by atoms with Gasteiger partial charge >= 0.3 is 0 Å². The Hall–Kier alpha value is -2.06. The number of anilines is 2. The second kappa shape index (κ2) is 9.11. The van der Waals surface area contributed by atoms with E-state index < -0.39 is 10.0 Å². The molecule has 0 spiro atoms. The highest BCUT2D eigenvalue weighted by Crippen LogP contribution is 2.65. The van der Waals surface area contributed by atoms with Gasteiger partial charge < -0.3 is 10.1 Å². The second-order valence-corrected chi connectivity index (χ2v) is 14.2. The van der Waals surface area contributed by atoms with Crippen LogP contribution in [0.1, 0.15) is 51.9 Å². The van der Waals surface area contributed by atoms with Crippen molar-refractivity contribution in [3.63, 3.8) is 0 Å². The highest BCUT2D eigenvalue weighted by atomic mass is 79.9. The number of benzene rings is 2. The summed E-state index contributed by atoms with van der Waals surface area (Å²) in [7, 11) is -2.30. The third kappa shape index (κ3) is 4.71. The molecule has 4 saturated carbocycles. The van der Waals surface area contributed by atoms with Gasteiger partial charge in [-0.2, -0.15) is 0 Å². The van der Waals surface area contributed by atoms with Crippen LogP contribution in [0.15, 0.2) is 53.4 Å². The number of nitrogens with zero attached hydrogens (tertiary/aromatic N) is 1. The van der Waals surface area contributed by atoms with Crippen LogP contribution in [-0.2, 0) is 14.8 Å². The lowest BCUT2D eigenvalue weighted by molar-refractivity contribution is -0.123. The van der Waals surface area contributed by atoms with Crippen LogP contribution in [0.4, 0.5) is 11.4 Å². The number of methoxy groups -OCH3 is 1. The molecule has 4 aliphatic rings. The maximum Gasteiger partial charge on any atom is 0.264 e. The maximum absolute atomic E-state index is 13.5. The number of ether oxygens (including phenoxy) is 1. The fourth-order valence-corrected chi connectivity index (χ4v) is 10.2. The first kappa shape index (κ1) is 24.6. The largest absolute Gasteiger partial charge is 0.495 e. The number of sulfonamides is 1. The lowest BCUT2D eigenvalue weighted by Crippen LogP contribution is -2.53. The van der Waals surface area contributed by atoms with E-state index in [1.807, 2.05) is 18.2 Å².